The van der Waals surface area contributed by atoms with E-state index in [1.165, 1.54) is 6.07 Å². The van der Waals surface area contributed by atoms with Crippen molar-refractivity contribution < 1.29 is 4.92 Å². The topological polar surface area (TPSA) is 90.9 Å². The van der Waals surface area contributed by atoms with E-state index in [-0.39, 0.29) is 11.4 Å². The van der Waals surface area contributed by atoms with Crippen molar-refractivity contribution in [3.8, 4) is 0 Å². The first-order valence-electron chi connectivity index (χ1n) is 3.85. The molecule has 0 heterocycles. The smallest absolute Gasteiger partial charge is 0.297 e. The minimum absolute atomic E-state index is 0.0237. The normalized spacial score (nSPS) is 10.7. The van der Waals surface area contributed by atoms with Crippen LogP contribution in [0.4, 0.5) is 11.4 Å². The summed E-state index contributed by atoms with van der Waals surface area (Å²) in [4.78, 5) is 10.0. The maximum atomic E-state index is 10.6. The van der Waals surface area contributed by atoms with Gasteiger partial charge in [-0.1, -0.05) is 6.07 Å². The molecule has 0 aliphatic carbocycles. The summed E-state index contributed by atoms with van der Waals surface area (Å²) in [6, 6.07) is 3.06. The van der Waals surface area contributed by atoms with Crippen LogP contribution in [0.15, 0.2) is 22.5 Å². The Bertz CT molecular complexity index is 401. The highest BCUT2D eigenvalue weighted by atomic mass is 16.6. The molecular formula is C8H8N3O3-. The fraction of sp³-hybridized carbons (Fsp3) is 0.250. The lowest BCUT2D eigenvalue weighted by molar-refractivity contribution is -0.384. The molecule has 1 aromatic rings. The number of aryl methyl sites for hydroxylation is 2. The highest BCUT2D eigenvalue weighted by molar-refractivity contribution is 5.63. The lowest BCUT2D eigenvalue weighted by Gasteiger charge is -2.02. The second-order valence-corrected chi connectivity index (χ2v) is 2.89. The van der Waals surface area contributed by atoms with Gasteiger partial charge in [0.15, 0.2) is 5.69 Å². The number of nitro groups is 1. The third-order valence-corrected chi connectivity index (χ3v) is 1.76. The molecule has 0 spiro atoms. The van der Waals surface area contributed by atoms with Crippen molar-refractivity contribution in [1.29, 1.82) is 0 Å². The quantitative estimate of drug-likeness (QED) is 0.411. The van der Waals surface area contributed by atoms with Crippen molar-refractivity contribution in [1.82, 2.24) is 0 Å². The number of hydrogen-bond acceptors (Lipinski definition) is 5. The van der Waals surface area contributed by atoms with Crippen LogP contribution in [0.2, 0.25) is 0 Å². The second kappa shape index (κ2) is 3.82. The second-order valence-electron chi connectivity index (χ2n) is 2.89. The maximum absolute atomic E-state index is 10.6. The van der Waals surface area contributed by atoms with Gasteiger partial charge < -0.3 is 5.21 Å². The van der Waals surface area contributed by atoms with Gasteiger partial charge in [-0.2, -0.15) is 5.11 Å². The van der Waals surface area contributed by atoms with E-state index in [2.05, 4.69) is 10.4 Å². The van der Waals surface area contributed by atoms with Gasteiger partial charge in [0.1, 0.15) is 0 Å². The Morgan fingerprint density at radius 2 is 2.00 bits per heavy atom. The summed E-state index contributed by atoms with van der Waals surface area (Å²) < 4.78 is 0. The molecule has 74 valence electrons. The summed E-state index contributed by atoms with van der Waals surface area (Å²) in [5.41, 5.74) is 1.15. The molecule has 0 aliphatic heterocycles. The number of nitrogens with zero attached hydrogens (tertiary/aromatic N) is 3. The number of hydrogen-bond donors (Lipinski definition) is 0. The van der Waals surface area contributed by atoms with Crippen molar-refractivity contribution in [3.05, 3.63) is 38.6 Å². The van der Waals surface area contributed by atoms with Gasteiger partial charge in [0.25, 0.3) is 5.69 Å². The Balaban J connectivity index is 3.44. The molecule has 14 heavy (non-hydrogen) atoms. The molecule has 0 atom stereocenters. The zero-order chi connectivity index (χ0) is 10.7. The highest BCUT2D eigenvalue weighted by Crippen LogP contribution is 2.32. The molecule has 0 saturated heterocycles. The first kappa shape index (κ1) is 10.1. The van der Waals surface area contributed by atoms with Crippen LogP contribution in [-0.4, -0.2) is 4.92 Å². The molecule has 0 amide bonds. The van der Waals surface area contributed by atoms with Gasteiger partial charge in [-0.3, -0.25) is 10.1 Å². The summed E-state index contributed by atoms with van der Waals surface area (Å²) in [7, 11) is 0. The van der Waals surface area contributed by atoms with E-state index in [1.54, 1.807) is 19.9 Å². The van der Waals surface area contributed by atoms with Crippen LogP contribution in [0.5, 0.6) is 0 Å². The van der Waals surface area contributed by atoms with Gasteiger partial charge in [0, 0.05) is 6.07 Å². The molecule has 1 rings (SSSR count). The van der Waals surface area contributed by atoms with E-state index >= 15 is 0 Å². The van der Waals surface area contributed by atoms with Gasteiger partial charge in [-0.05, 0) is 25.0 Å². The molecule has 0 radical (unpaired) electrons. The van der Waals surface area contributed by atoms with Crippen molar-refractivity contribution in [2.24, 2.45) is 10.4 Å². The molecule has 6 nitrogen and oxygen atoms in total. The van der Waals surface area contributed by atoms with E-state index in [9.17, 15) is 15.3 Å². The molecule has 0 N–H and O–H groups in total. The summed E-state index contributed by atoms with van der Waals surface area (Å²) in [5, 5.41) is 26.1. The fourth-order valence-electron chi connectivity index (χ4n) is 1.25. The third-order valence-electron chi connectivity index (χ3n) is 1.76. The highest BCUT2D eigenvalue weighted by Gasteiger charge is 2.16. The van der Waals surface area contributed by atoms with Crippen molar-refractivity contribution in [3.63, 3.8) is 0 Å². The molecular weight excluding hydrogens is 186 g/mol. The Kier molecular flexibility index (Phi) is 2.76. The molecule has 0 aliphatic rings. The first-order chi connectivity index (χ1) is 6.56. The first-order valence-corrected chi connectivity index (χ1v) is 3.85. The third kappa shape index (κ3) is 1.85. The summed E-state index contributed by atoms with van der Waals surface area (Å²) in [6.45, 7) is 3.38. The Morgan fingerprint density at radius 1 is 1.36 bits per heavy atom. The number of benzene rings is 1. The van der Waals surface area contributed by atoms with E-state index in [0.717, 1.165) is 5.56 Å². The van der Waals surface area contributed by atoms with Crippen molar-refractivity contribution in [2.75, 3.05) is 0 Å². The zero-order valence-corrected chi connectivity index (χ0v) is 7.72. The van der Waals surface area contributed by atoms with E-state index in [1.807, 2.05) is 0 Å². The molecule has 0 bridgehead atoms. The van der Waals surface area contributed by atoms with Gasteiger partial charge >= 0.3 is 0 Å². The molecule has 1 aromatic carbocycles. The summed E-state index contributed by atoms with van der Waals surface area (Å²) in [5.74, 6) is 0. The lowest BCUT2D eigenvalue weighted by atomic mass is 10.1. The van der Waals surface area contributed by atoms with Gasteiger partial charge in [0.2, 0.25) is 0 Å². The predicted molar refractivity (Wildman–Crippen MR) is 50.5 cm³/mol. The molecule has 0 saturated carbocycles. The Hall–Kier alpha value is -1.98. The van der Waals surface area contributed by atoms with Crippen LogP contribution >= 0.6 is 0 Å². The average molecular weight is 194 g/mol. The van der Waals surface area contributed by atoms with Crippen LogP contribution in [0.25, 0.3) is 0 Å². The lowest BCUT2D eigenvalue weighted by Crippen LogP contribution is -1.91. The standard InChI is InChI=1S/C8H9N3O3/c1-5-3-6(2)8(9-10-12)7(4-5)11(13)14/h3-4H,1-2H3,(H,9,12)/p-1. The van der Waals surface area contributed by atoms with Crippen LogP contribution in [0, 0.1) is 29.2 Å². The molecule has 0 fully saturated rings. The van der Waals surface area contributed by atoms with Crippen molar-refractivity contribution in [2.45, 2.75) is 13.8 Å². The minimum Gasteiger partial charge on any atom is -0.775 e. The maximum Gasteiger partial charge on any atom is 0.297 e. The average Bonchev–Trinajstić information content (AvgIpc) is 2.09. The molecule has 0 aromatic heterocycles. The number of rotatable bonds is 2. The Morgan fingerprint density at radius 3 is 2.50 bits per heavy atom. The monoisotopic (exact) mass is 194 g/mol. The predicted octanol–water partition coefficient (Wildman–Crippen LogP) is 2.79. The van der Waals surface area contributed by atoms with Gasteiger partial charge in [-0.25, -0.2) is 5.28 Å². The van der Waals surface area contributed by atoms with Crippen LogP contribution in [0.1, 0.15) is 11.1 Å². The van der Waals surface area contributed by atoms with Crippen LogP contribution < -0.4 is 0 Å². The summed E-state index contributed by atoms with van der Waals surface area (Å²) >= 11 is 0. The molecule has 0 unspecified atom stereocenters. The SMILES string of the molecule is Cc1cc(C)c(N=N[O-])c([N+](=O)[O-])c1. The van der Waals surface area contributed by atoms with Gasteiger partial charge in [0.05, 0.1) is 4.92 Å². The largest absolute Gasteiger partial charge is 0.775 e. The fourth-order valence-corrected chi connectivity index (χ4v) is 1.25. The van der Waals surface area contributed by atoms with Gasteiger partial charge in [-0.15, -0.1) is 0 Å². The minimum atomic E-state index is -0.579. The Labute approximate surface area is 80.0 Å². The zero-order valence-electron chi connectivity index (χ0n) is 7.72. The summed E-state index contributed by atoms with van der Waals surface area (Å²) in [6.07, 6.45) is 0. The van der Waals surface area contributed by atoms with E-state index < -0.39 is 4.92 Å². The van der Waals surface area contributed by atoms with Crippen molar-refractivity contribution >= 4 is 11.4 Å². The molecule has 6 heteroatoms. The van der Waals surface area contributed by atoms with E-state index in [4.69, 9.17) is 0 Å². The van der Waals surface area contributed by atoms with Crippen LogP contribution in [-0.2, 0) is 0 Å². The van der Waals surface area contributed by atoms with Crippen LogP contribution in [0.3, 0.4) is 0 Å². The number of nitro benzene ring substituents is 1. The van der Waals surface area contributed by atoms with E-state index in [0.29, 0.717) is 5.56 Å².